The second-order valence-electron chi connectivity index (χ2n) is 4.71. The Hall–Kier alpha value is -1.60. The number of hydrogen-bond acceptors (Lipinski definition) is 4. The summed E-state index contributed by atoms with van der Waals surface area (Å²) in [6.45, 7) is 3.96. The average Bonchev–Trinajstić information content (AvgIpc) is 2.43. The zero-order chi connectivity index (χ0) is 15.9. The normalized spacial score (nSPS) is 12.9. The molecule has 0 radical (unpaired) electrons. The first-order chi connectivity index (χ1) is 9.86. The van der Waals surface area contributed by atoms with Crippen molar-refractivity contribution in [3.8, 4) is 5.75 Å². The number of ether oxygens (including phenoxy) is 1. The smallest absolute Gasteiger partial charge is 0.321 e. The predicted octanol–water partition coefficient (Wildman–Crippen LogP) is 2.01. The highest BCUT2D eigenvalue weighted by atomic mass is 32.2. The number of sulfonamides is 1. The van der Waals surface area contributed by atoms with Crippen LogP contribution in [0.25, 0.3) is 0 Å². The van der Waals surface area contributed by atoms with E-state index in [1.807, 2.05) is 0 Å². The maximum absolute atomic E-state index is 11.9. The first kappa shape index (κ1) is 17.5. The van der Waals surface area contributed by atoms with Crippen molar-refractivity contribution in [3.05, 3.63) is 24.3 Å². The van der Waals surface area contributed by atoms with Crippen LogP contribution in [0, 0.1) is 0 Å². The highest BCUT2D eigenvalue weighted by Crippen LogP contribution is 2.16. The van der Waals surface area contributed by atoms with Crippen molar-refractivity contribution in [2.24, 2.45) is 0 Å². The maximum atomic E-state index is 11.9. The van der Waals surface area contributed by atoms with E-state index in [4.69, 9.17) is 9.84 Å². The van der Waals surface area contributed by atoms with Crippen LogP contribution in [0.3, 0.4) is 0 Å². The third-order valence-electron chi connectivity index (χ3n) is 2.85. The summed E-state index contributed by atoms with van der Waals surface area (Å²) in [5.41, 5.74) is 0. The van der Waals surface area contributed by atoms with E-state index in [-0.39, 0.29) is 4.90 Å². The number of carboxylic acid groups (broad SMARTS) is 1. The summed E-state index contributed by atoms with van der Waals surface area (Å²) in [5.74, 6) is -0.634. The summed E-state index contributed by atoms with van der Waals surface area (Å²) in [6.07, 6.45) is 3.14. The van der Waals surface area contributed by atoms with Gasteiger partial charge >= 0.3 is 5.97 Å². The van der Waals surface area contributed by atoms with Crippen LogP contribution in [-0.2, 0) is 14.8 Å². The molecule has 0 saturated carbocycles. The van der Waals surface area contributed by atoms with Gasteiger partial charge in [0, 0.05) is 0 Å². The minimum Gasteiger partial charge on any atom is -0.494 e. The molecule has 0 heterocycles. The van der Waals surface area contributed by atoms with Crippen molar-refractivity contribution in [2.75, 3.05) is 6.61 Å². The summed E-state index contributed by atoms with van der Waals surface area (Å²) >= 11 is 0. The van der Waals surface area contributed by atoms with E-state index in [0.29, 0.717) is 12.4 Å². The molecule has 0 fully saturated rings. The molecule has 1 atom stereocenters. The molecule has 2 N–H and O–H groups in total. The Morgan fingerprint density at radius 3 is 2.43 bits per heavy atom. The summed E-state index contributed by atoms with van der Waals surface area (Å²) in [6, 6.07) is 4.73. The van der Waals surface area contributed by atoms with Crippen LogP contribution in [-0.4, -0.2) is 32.1 Å². The molecular formula is C14H21NO5S. The lowest BCUT2D eigenvalue weighted by Crippen LogP contribution is -2.38. The van der Waals surface area contributed by atoms with Crippen molar-refractivity contribution >= 4 is 16.0 Å². The summed E-state index contributed by atoms with van der Waals surface area (Å²) < 4.78 is 31.5. The monoisotopic (exact) mass is 315 g/mol. The van der Waals surface area contributed by atoms with Crippen molar-refractivity contribution < 1.29 is 23.1 Å². The first-order valence-corrected chi connectivity index (χ1v) is 8.33. The van der Waals surface area contributed by atoms with Gasteiger partial charge in [0.2, 0.25) is 10.0 Å². The van der Waals surface area contributed by atoms with Gasteiger partial charge in [-0.25, -0.2) is 8.42 Å². The molecular weight excluding hydrogens is 294 g/mol. The Morgan fingerprint density at radius 2 is 1.90 bits per heavy atom. The molecule has 1 unspecified atom stereocenters. The summed E-state index contributed by atoms with van der Waals surface area (Å²) in [7, 11) is -3.84. The molecule has 1 aromatic rings. The van der Waals surface area contributed by atoms with Crippen LogP contribution >= 0.6 is 0 Å². The fourth-order valence-electron chi connectivity index (χ4n) is 1.61. The standard InChI is InChI=1S/C14H21NO5S/c1-3-4-5-10-20-12-6-8-13(9-7-12)21(18,19)15-11(2)14(16)17/h6-9,11,15H,3-5,10H2,1-2H3,(H,16,17). The van der Waals surface area contributed by atoms with Gasteiger partial charge in [-0.3, -0.25) is 4.79 Å². The van der Waals surface area contributed by atoms with Gasteiger partial charge in [-0.15, -0.1) is 0 Å². The molecule has 0 amide bonds. The summed E-state index contributed by atoms with van der Waals surface area (Å²) in [5, 5.41) is 8.73. The zero-order valence-corrected chi connectivity index (χ0v) is 13.0. The van der Waals surface area contributed by atoms with E-state index < -0.39 is 22.0 Å². The Balaban J connectivity index is 2.66. The molecule has 0 saturated heterocycles. The minimum absolute atomic E-state index is 0.0107. The topological polar surface area (TPSA) is 92.7 Å². The molecule has 0 bridgehead atoms. The first-order valence-electron chi connectivity index (χ1n) is 6.85. The number of nitrogens with one attached hydrogen (secondary N) is 1. The number of benzene rings is 1. The van der Waals surface area contributed by atoms with Crippen molar-refractivity contribution in [1.82, 2.24) is 4.72 Å². The lowest BCUT2D eigenvalue weighted by Gasteiger charge is -2.11. The lowest BCUT2D eigenvalue weighted by molar-refractivity contribution is -0.138. The van der Waals surface area contributed by atoms with Gasteiger partial charge in [0.1, 0.15) is 11.8 Å². The highest BCUT2D eigenvalue weighted by molar-refractivity contribution is 7.89. The Kier molecular flexibility index (Phi) is 6.64. The third kappa shape index (κ3) is 5.73. The number of unbranched alkanes of at least 4 members (excludes halogenated alkanes) is 2. The molecule has 1 rings (SSSR count). The average molecular weight is 315 g/mol. The number of hydrogen-bond donors (Lipinski definition) is 2. The van der Waals surface area contributed by atoms with E-state index >= 15 is 0 Å². The van der Waals surface area contributed by atoms with Crippen LogP contribution < -0.4 is 9.46 Å². The molecule has 7 heteroatoms. The van der Waals surface area contributed by atoms with Gasteiger partial charge in [-0.2, -0.15) is 4.72 Å². The largest absolute Gasteiger partial charge is 0.494 e. The molecule has 0 aliphatic carbocycles. The second-order valence-corrected chi connectivity index (χ2v) is 6.42. The number of aliphatic carboxylic acids is 1. The molecule has 0 aromatic heterocycles. The lowest BCUT2D eigenvalue weighted by atomic mass is 10.3. The van der Waals surface area contributed by atoms with Gasteiger partial charge in [0.15, 0.2) is 0 Å². The summed E-state index contributed by atoms with van der Waals surface area (Å²) in [4.78, 5) is 10.7. The minimum atomic E-state index is -3.84. The Morgan fingerprint density at radius 1 is 1.29 bits per heavy atom. The van der Waals surface area contributed by atoms with E-state index in [1.54, 1.807) is 12.1 Å². The predicted molar refractivity (Wildman–Crippen MR) is 78.9 cm³/mol. The van der Waals surface area contributed by atoms with E-state index in [1.165, 1.54) is 19.1 Å². The Labute approximate surface area is 125 Å². The number of rotatable bonds is 9. The van der Waals surface area contributed by atoms with Crippen LogP contribution in [0.2, 0.25) is 0 Å². The molecule has 0 aliphatic rings. The van der Waals surface area contributed by atoms with Crippen molar-refractivity contribution in [1.29, 1.82) is 0 Å². The molecule has 6 nitrogen and oxygen atoms in total. The van der Waals surface area contributed by atoms with Crippen LogP contribution in [0.5, 0.6) is 5.75 Å². The van der Waals surface area contributed by atoms with Crippen molar-refractivity contribution in [2.45, 2.75) is 44.0 Å². The van der Waals surface area contributed by atoms with Gasteiger partial charge in [0.05, 0.1) is 11.5 Å². The van der Waals surface area contributed by atoms with Crippen LogP contribution in [0.1, 0.15) is 33.1 Å². The SMILES string of the molecule is CCCCCOc1ccc(S(=O)(=O)NC(C)C(=O)O)cc1. The molecule has 0 spiro atoms. The quantitative estimate of drug-likeness (QED) is 0.680. The van der Waals surface area contributed by atoms with E-state index in [9.17, 15) is 13.2 Å². The number of carboxylic acids is 1. The molecule has 118 valence electrons. The molecule has 1 aromatic carbocycles. The van der Waals surface area contributed by atoms with Gasteiger partial charge < -0.3 is 9.84 Å². The number of carbonyl (C=O) groups is 1. The van der Waals surface area contributed by atoms with Gasteiger partial charge in [0.25, 0.3) is 0 Å². The van der Waals surface area contributed by atoms with E-state index in [0.717, 1.165) is 19.3 Å². The van der Waals surface area contributed by atoms with Gasteiger partial charge in [-0.05, 0) is 37.6 Å². The highest BCUT2D eigenvalue weighted by Gasteiger charge is 2.21. The van der Waals surface area contributed by atoms with Crippen molar-refractivity contribution in [3.63, 3.8) is 0 Å². The zero-order valence-electron chi connectivity index (χ0n) is 12.2. The Bertz CT molecular complexity index is 553. The fraction of sp³-hybridized carbons (Fsp3) is 0.500. The van der Waals surface area contributed by atoms with E-state index in [2.05, 4.69) is 11.6 Å². The molecule has 21 heavy (non-hydrogen) atoms. The van der Waals surface area contributed by atoms with Gasteiger partial charge in [-0.1, -0.05) is 19.8 Å². The third-order valence-corrected chi connectivity index (χ3v) is 4.41. The molecule has 0 aliphatic heterocycles. The van der Waals surface area contributed by atoms with Crippen LogP contribution in [0.4, 0.5) is 0 Å². The van der Waals surface area contributed by atoms with Crippen LogP contribution in [0.15, 0.2) is 29.2 Å². The second kappa shape index (κ2) is 7.99. The maximum Gasteiger partial charge on any atom is 0.321 e. The fourth-order valence-corrected chi connectivity index (χ4v) is 2.81.